The molecule has 0 aliphatic heterocycles. The number of amides is 1. The van der Waals surface area contributed by atoms with E-state index in [9.17, 15) is 4.79 Å². The van der Waals surface area contributed by atoms with Crippen LogP contribution in [0.2, 0.25) is 0 Å². The monoisotopic (exact) mass is 403 g/mol. The Kier molecular flexibility index (Phi) is 8.45. The zero-order valence-electron chi connectivity index (χ0n) is 17.1. The summed E-state index contributed by atoms with van der Waals surface area (Å²) in [5.74, 6) is 6.26. The normalized spacial score (nSPS) is 11.8. The van der Waals surface area contributed by atoms with E-state index in [4.69, 9.17) is 10.6 Å². The topological polar surface area (TPSA) is 67.6 Å². The number of rotatable bonds is 10. The van der Waals surface area contributed by atoms with E-state index < -0.39 is 6.09 Å². The number of benzene rings is 3. The first kappa shape index (κ1) is 21.6. The third-order valence-corrected chi connectivity index (χ3v) is 4.84. The molecule has 0 saturated heterocycles. The Morgan fingerprint density at radius 3 is 1.97 bits per heavy atom. The summed E-state index contributed by atoms with van der Waals surface area (Å²) >= 11 is 0. The molecule has 0 spiro atoms. The van der Waals surface area contributed by atoms with Gasteiger partial charge in [0.15, 0.2) is 0 Å². The van der Waals surface area contributed by atoms with Crippen molar-refractivity contribution in [2.24, 2.45) is 5.84 Å². The first-order valence-corrected chi connectivity index (χ1v) is 10.2. The summed E-state index contributed by atoms with van der Waals surface area (Å²) in [6.45, 7) is 1.39. The fourth-order valence-electron chi connectivity index (χ4n) is 3.29. The van der Waals surface area contributed by atoms with Crippen molar-refractivity contribution in [2.75, 3.05) is 6.54 Å². The van der Waals surface area contributed by atoms with Crippen molar-refractivity contribution >= 4 is 6.09 Å². The highest BCUT2D eigenvalue weighted by molar-refractivity contribution is 5.67. The van der Waals surface area contributed by atoms with Gasteiger partial charge in [-0.05, 0) is 29.5 Å². The molecule has 1 amide bonds. The van der Waals surface area contributed by atoms with E-state index in [1.165, 1.54) is 5.56 Å². The van der Waals surface area contributed by atoms with Crippen LogP contribution in [0.15, 0.2) is 91.0 Å². The molecular formula is C25H29N3O2. The number of aryl methyl sites for hydroxylation is 1. The number of nitrogens with one attached hydrogen (secondary N) is 1. The summed E-state index contributed by atoms with van der Waals surface area (Å²) in [4.78, 5) is 12.4. The second-order valence-electron chi connectivity index (χ2n) is 7.34. The van der Waals surface area contributed by atoms with Crippen LogP contribution in [-0.4, -0.2) is 23.7 Å². The van der Waals surface area contributed by atoms with Crippen LogP contribution < -0.4 is 11.2 Å². The smallest absolute Gasteiger partial charge is 0.407 e. The highest BCUT2D eigenvalue weighted by Gasteiger charge is 2.16. The van der Waals surface area contributed by atoms with E-state index >= 15 is 0 Å². The van der Waals surface area contributed by atoms with Crippen molar-refractivity contribution < 1.29 is 9.53 Å². The highest BCUT2D eigenvalue weighted by atomic mass is 16.5. The maximum absolute atomic E-state index is 12.4. The molecule has 3 aromatic carbocycles. The van der Waals surface area contributed by atoms with Crippen LogP contribution in [0.4, 0.5) is 4.79 Å². The number of hydrogen-bond donors (Lipinski definition) is 2. The lowest BCUT2D eigenvalue weighted by Gasteiger charge is -2.24. The van der Waals surface area contributed by atoms with Gasteiger partial charge in [-0.1, -0.05) is 91.0 Å². The fourth-order valence-corrected chi connectivity index (χ4v) is 3.29. The molecule has 0 fully saturated rings. The molecule has 156 valence electrons. The zero-order chi connectivity index (χ0) is 21.0. The molecule has 3 rings (SSSR count). The fraction of sp³-hybridized carbons (Fsp3) is 0.240. The van der Waals surface area contributed by atoms with E-state index in [1.54, 1.807) is 5.01 Å². The second-order valence-corrected chi connectivity index (χ2v) is 7.34. The minimum absolute atomic E-state index is 0.123. The molecule has 5 nitrogen and oxygen atoms in total. The maximum Gasteiger partial charge on any atom is 0.407 e. The minimum atomic E-state index is -0.426. The van der Waals surface area contributed by atoms with E-state index in [0.717, 1.165) is 24.0 Å². The number of carbonyl (C=O) groups excluding carboxylic acids is 1. The Morgan fingerprint density at radius 1 is 0.833 bits per heavy atom. The van der Waals surface area contributed by atoms with Crippen LogP contribution in [0, 0.1) is 0 Å². The SMILES string of the molecule is NN(Cc1ccccc1)C[C@H](CCc1ccccc1)NC(=O)OCc1ccccc1. The third-order valence-electron chi connectivity index (χ3n) is 4.84. The summed E-state index contributed by atoms with van der Waals surface area (Å²) in [5.41, 5.74) is 3.32. The molecule has 3 N–H and O–H groups in total. The van der Waals surface area contributed by atoms with Crippen LogP contribution in [0.1, 0.15) is 23.1 Å². The zero-order valence-corrected chi connectivity index (χ0v) is 17.1. The molecule has 0 aliphatic rings. The van der Waals surface area contributed by atoms with Crippen molar-refractivity contribution in [3.05, 3.63) is 108 Å². The Morgan fingerprint density at radius 2 is 1.37 bits per heavy atom. The molecule has 1 atom stereocenters. The largest absolute Gasteiger partial charge is 0.445 e. The van der Waals surface area contributed by atoms with Gasteiger partial charge in [-0.25, -0.2) is 9.80 Å². The standard InChI is InChI=1S/C25H29N3O2/c26-28(18-22-12-6-2-7-13-22)19-24(17-16-21-10-4-1-5-11-21)27-25(29)30-20-23-14-8-3-9-15-23/h1-15,24H,16-20,26H2,(H,27,29)/t24-/m0/s1. The van der Waals surface area contributed by atoms with Crippen LogP contribution in [0.25, 0.3) is 0 Å². The summed E-state index contributed by atoms with van der Waals surface area (Å²) < 4.78 is 5.40. The average molecular weight is 404 g/mol. The molecule has 3 aromatic rings. The molecule has 0 saturated carbocycles. The number of nitrogens with zero attached hydrogens (tertiary/aromatic N) is 1. The second kappa shape index (κ2) is 11.8. The van der Waals surface area contributed by atoms with Crippen LogP contribution in [0.3, 0.4) is 0 Å². The van der Waals surface area contributed by atoms with Crippen LogP contribution in [-0.2, 0) is 24.3 Å². The van der Waals surface area contributed by atoms with E-state index in [1.807, 2.05) is 78.9 Å². The first-order valence-electron chi connectivity index (χ1n) is 10.2. The molecule has 0 bridgehead atoms. The predicted octanol–water partition coefficient (Wildman–Crippen LogP) is 4.29. The quantitative estimate of drug-likeness (QED) is 0.391. The van der Waals surface area contributed by atoms with Crippen molar-refractivity contribution in [3.8, 4) is 0 Å². The predicted molar refractivity (Wildman–Crippen MR) is 119 cm³/mol. The Balaban J connectivity index is 1.55. The molecule has 30 heavy (non-hydrogen) atoms. The Bertz CT molecular complexity index is 873. The van der Waals surface area contributed by atoms with Gasteiger partial charge in [0.25, 0.3) is 0 Å². The van der Waals surface area contributed by atoms with Gasteiger partial charge >= 0.3 is 6.09 Å². The van der Waals surface area contributed by atoms with Crippen LogP contribution in [0.5, 0.6) is 0 Å². The number of hydrogen-bond acceptors (Lipinski definition) is 4. The van der Waals surface area contributed by atoms with E-state index in [-0.39, 0.29) is 12.6 Å². The first-order chi connectivity index (χ1) is 14.7. The third kappa shape index (κ3) is 7.70. The van der Waals surface area contributed by atoms with E-state index in [2.05, 4.69) is 17.4 Å². The van der Waals surface area contributed by atoms with Gasteiger partial charge in [-0.15, -0.1) is 0 Å². The van der Waals surface area contributed by atoms with Crippen molar-refractivity contribution in [1.29, 1.82) is 0 Å². The molecule has 5 heteroatoms. The number of nitrogens with two attached hydrogens (primary N) is 1. The van der Waals surface area contributed by atoms with Gasteiger partial charge in [0.2, 0.25) is 0 Å². The molecule has 0 aliphatic carbocycles. The van der Waals surface area contributed by atoms with Gasteiger partial charge in [0.05, 0.1) is 0 Å². The van der Waals surface area contributed by atoms with Gasteiger partial charge in [0, 0.05) is 19.1 Å². The highest BCUT2D eigenvalue weighted by Crippen LogP contribution is 2.09. The van der Waals surface area contributed by atoms with E-state index in [0.29, 0.717) is 13.1 Å². The van der Waals surface area contributed by atoms with Gasteiger partial charge < -0.3 is 10.1 Å². The number of carbonyl (C=O) groups is 1. The van der Waals surface area contributed by atoms with Crippen molar-refractivity contribution in [1.82, 2.24) is 10.3 Å². The maximum atomic E-state index is 12.4. The summed E-state index contributed by atoms with van der Waals surface area (Å²) in [7, 11) is 0. The molecular weight excluding hydrogens is 374 g/mol. The number of ether oxygens (including phenoxy) is 1. The lowest BCUT2D eigenvalue weighted by Crippen LogP contribution is -2.46. The average Bonchev–Trinajstić information content (AvgIpc) is 2.78. The number of hydrazine groups is 1. The summed E-state index contributed by atoms with van der Waals surface area (Å²) in [6.07, 6.45) is 1.20. The van der Waals surface area contributed by atoms with Crippen molar-refractivity contribution in [3.63, 3.8) is 0 Å². The van der Waals surface area contributed by atoms with Crippen molar-refractivity contribution in [2.45, 2.75) is 32.0 Å². The Labute approximate surface area is 178 Å². The molecule has 0 aromatic heterocycles. The number of alkyl carbamates (subject to hydrolysis) is 1. The van der Waals surface area contributed by atoms with Gasteiger partial charge in [0.1, 0.15) is 6.61 Å². The summed E-state index contributed by atoms with van der Waals surface area (Å²) in [5, 5.41) is 4.73. The molecule has 0 unspecified atom stereocenters. The lowest BCUT2D eigenvalue weighted by molar-refractivity contribution is 0.130. The van der Waals surface area contributed by atoms with Gasteiger partial charge in [-0.3, -0.25) is 5.84 Å². The lowest BCUT2D eigenvalue weighted by atomic mass is 10.0. The van der Waals surface area contributed by atoms with Crippen LogP contribution >= 0.6 is 0 Å². The minimum Gasteiger partial charge on any atom is -0.445 e. The van der Waals surface area contributed by atoms with Gasteiger partial charge in [-0.2, -0.15) is 0 Å². The Hall–Kier alpha value is -3.15. The molecule has 0 radical (unpaired) electrons. The summed E-state index contributed by atoms with van der Waals surface area (Å²) in [6, 6.07) is 29.8. The molecule has 0 heterocycles.